The van der Waals surface area contributed by atoms with E-state index in [0.29, 0.717) is 30.3 Å². The summed E-state index contributed by atoms with van der Waals surface area (Å²) in [5.41, 5.74) is 0.805. The molecule has 0 saturated carbocycles. The Morgan fingerprint density at radius 1 is 1.03 bits per heavy atom. The first-order valence-corrected chi connectivity index (χ1v) is 10.6. The van der Waals surface area contributed by atoms with Crippen LogP contribution in [0.15, 0.2) is 48.5 Å². The summed E-state index contributed by atoms with van der Waals surface area (Å²) in [6.45, 7) is 9.15. The first-order chi connectivity index (χ1) is 14.7. The van der Waals surface area contributed by atoms with Crippen molar-refractivity contribution in [2.45, 2.75) is 46.8 Å². The number of methoxy groups -OCH3 is 1. The first kappa shape index (κ1) is 25.3. The van der Waals surface area contributed by atoms with E-state index in [1.807, 2.05) is 52.0 Å². The zero-order valence-electron chi connectivity index (χ0n) is 18.8. The molecule has 1 N–H and O–H groups in total. The number of carbonyl (C=O) groups excluding carboxylic acids is 1. The maximum Gasteiger partial charge on any atom is 0.260 e. The molecule has 0 spiro atoms. The molecule has 2 aromatic carbocycles. The number of amides is 1. The number of rotatable bonds is 7. The minimum absolute atomic E-state index is 0.0133. The van der Waals surface area contributed by atoms with Crippen LogP contribution in [0.5, 0.6) is 17.2 Å². The van der Waals surface area contributed by atoms with E-state index >= 15 is 0 Å². The summed E-state index contributed by atoms with van der Waals surface area (Å²) in [5.74, 6) is 1.92. The van der Waals surface area contributed by atoms with Crippen LogP contribution in [0, 0.1) is 0 Å². The Balaban J connectivity index is 0.00000106. The highest BCUT2D eigenvalue weighted by Gasteiger charge is 2.28. The van der Waals surface area contributed by atoms with Crippen molar-refractivity contribution in [3.8, 4) is 17.2 Å². The maximum absolute atomic E-state index is 12.3. The lowest BCUT2D eigenvalue weighted by Crippen LogP contribution is -2.34. The maximum atomic E-state index is 12.3. The van der Waals surface area contributed by atoms with Gasteiger partial charge in [-0.2, -0.15) is 0 Å². The second-order valence-corrected chi connectivity index (χ2v) is 6.11. The van der Waals surface area contributed by atoms with Crippen LogP contribution in [-0.2, 0) is 11.4 Å². The predicted octanol–water partition coefficient (Wildman–Crippen LogP) is 4.30. The Hall–Kier alpha value is -2.73. The second kappa shape index (κ2) is 14.3. The average molecular weight is 418 g/mol. The summed E-state index contributed by atoms with van der Waals surface area (Å²) in [4.78, 5) is 14.1. The Morgan fingerprint density at radius 3 is 2.27 bits per heavy atom. The van der Waals surface area contributed by atoms with Crippen LogP contribution in [0.2, 0.25) is 0 Å². The van der Waals surface area contributed by atoms with E-state index in [1.54, 1.807) is 36.3 Å². The monoisotopic (exact) mass is 417 g/mol. The van der Waals surface area contributed by atoms with Crippen molar-refractivity contribution >= 4 is 5.91 Å². The van der Waals surface area contributed by atoms with Crippen molar-refractivity contribution in [3.05, 3.63) is 54.1 Å². The summed E-state index contributed by atoms with van der Waals surface area (Å²) < 4.78 is 16.8. The molecule has 1 aliphatic rings. The minimum Gasteiger partial charge on any atom is -0.493 e. The number of ether oxygens (including phenoxy) is 3. The largest absolute Gasteiger partial charge is 0.493 e. The lowest BCUT2D eigenvalue weighted by atomic mass is 10.2. The van der Waals surface area contributed by atoms with Gasteiger partial charge in [0.2, 0.25) is 0 Å². The standard InChI is InChI=1S/C20H23NO5.2C2H6/c1-24-18-4-2-3-5-19(18)26-17-10-11-21(12-17)20(23)14-25-16-8-6-15(13-22)7-9-16;2*1-2/h2-9,17,22H,10-14H2,1H3;2*1-2H3. The van der Waals surface area contributed by atoms with E-state index in [9.17, 15) is 4.79 Å². The number of carbonyl (C=O) groups is 1. The minimum atomic E-state index is -0.0673. The van der Waals surface area contributed by atoms with Gasteiger partial charge in [0.05, 0.1) is 20.3 Å². The van der Waals surface area contributed by atoms with Crippen LogP contribution >= 0.6 is 0 Å². The highest BCUT2D eigenvalue weighted by Crippen LogP contribution is 2.28. The van der Waals surface area contributed by atoms with Crippen LogP contribution in [0.4, 0.5) is 0 Å². The normalized spacial score (nSPS) is 14.6. The number of aliphatic hydroxyl groups excluding tert-OH is 1. The van der Waals surface area contributed by atoms with E-state index in [-0.39, 0.29) is 25.2 Å². The van der Waals surface area contributed by atoms with Gasteiger partial charge in [-0.1, -0.05) is 52.0 Å². The third-order valence-corrected chi connectivity index (χ3v) is 4.33. The van der Waals surface area contributed by atoms with Gasteiger partial charge < -0.3 is 24.2 Å². The molecule has 30 heavy (non-hydrogen) atoms. The zero-order chi connectivity index (χ0) is 22.4. The molecule has 0 aliphatic carbocycles. The Labute approximate surface area is 180 Å². The molecular weight excluding hydrogens is 382 g/mol. The van der Waals surface area contributed by atoms with E-state index < -0.39 is 0 Å². The van der Waals surface area contributed by atoms with E-state index in [1.165, 1.54) is 0 Å². The highest BCUT2D eigenvalue weighted by atomic mass is 16.5. The van der Waals surface area contributed by atoms with Crippen LogP contribution in [-0.4, -0.2) is 48.8 Å². The molecule has 2 aromatic rings. The van der Waals surface area contributed by atoms with Crippen molar-refractivity contribution in [1.82, 2.24) is 4.90 Å². The van der Waals surface area contributed by atoms with Gasteiger partial charge in [0.1, 0.15) is 11.9 Å². The number of hydrogen-bond acceptors (Lipinski definition) is 5. The average Bonchev–Trinajstić information content (AvgIpc) is 3.29. The Morgan fingerprint density at radius 2 is 1.67 bits per heavy atom. The van der Waals surface area contributed by atoms with Gasteiger partial charge in [0.25, 0.3) is 5.91 Å². The van der Waals surface area contributed by atoms with Crippen LogP contribution in [0.25, 0.3) is 0 Å². The summed E-state index contributed by atoms with van der Waals surface area (Å²) >= 11 is 0. The molecule has 1 unspecified atom stereocenters. The zero-order valence-corrected chi connectivity index (χ0v) is 18.8. The lowest BCUT2D eigenvalue weighted by molar-refractivity contribution is -0.132. The number of likely N-dealkylation sites (tertiary alicyclic amines) is 1. The van der Waals surface area contributed by atoms with Crippen molar-refractivity contribution < 1.29 is 24.1 Å². The highest BCUT2D eigenvalue weighted by molar-refractivity contribution is 5.78. The molecule has 0 radical (unpaired) electrons. The summed E-state index contributed by atoms with van der Waals surface area (Å²) in [6.07, 6.45) is 0.716. The summed E-state index contributed by atoms with van der Waals surface area (Å²) in [6, 6.07) is 14.5. The number of para-hydroxylation sites is 2. The van der Waals surface area contributed by atoms with Gasteiger partial charge in [-0.25, -0.2) is 0 Å². The molecule has 1 atom stereocenters. The fraction of sp³-hybridized carbons (Fsp3) is 0.458. The Kier molecular flexibility index (Phi) is 12.0. The third-order valence-electron chi connectivity index (χ3n) is 4.33. The van der Waals surface area contributed by atoms with Gasteiger partial charge in [0, 0.05) is 13.0 Å². The van der Waals surface area contributed by atoms with Crippen molar-refractivity contribution in [3.63, 3.8) is 0 Å². The molecule has 0 bridgehead atoms. The molecule has 3 rings (SSSR count). The van der Waals surface area contributed by atoms with Gasteiger partial charge in [-0.15, -0.1) is 0 Å². The number of nitrogens with zero attached hydrogens (tertiary/aromatic N) is 1. The molecule has 6 nitrogen and oxygen atoms in total. The van der Waals surface area contributed by atoms with Crippen molar-refractivity contribution in [2.75, 3.05) is 26.8 Å². The molecule has 1 amide bonds. The molecule has 0 aromatic heterocycles. The molecule has 6 heteroatoms. The third kappa shape index (κ3) is 7.59. The van der Waals surface area contributed by atoms with Crippen molar-refractivity contribution in [1.29, 1.82) is 0 Å². The quantitative estimate of drug-likeness (QED) is 0.728. The fourth-order valence-corrected chi connectivity index (χ4v) is 2.87. The number of hydrogen-bond donors (Lipinski definition) is 1. The topological polar surface area (TPSA) is 68.2 Å². The van der Waals surface area contributed by atoms with Crippen LogP contribution in [0.3, 0.4) is 0 Å². The van der Waals surface area contributed by atoms with E-state index in [4.69, 9.17) is 19.3 Å². The number of benzene rings is 2. The molecule has 1 aliphatic heterocycles. The summed E-state index contributed by atoms with van der Waals surface area (Å²) in [7, 11) is 1.61. The number of aliphatic hydroxyl groups is 1. The van der Waals surface area contributed by atoms with Crippen LogP contribution < -0.4 is 14.2 Å². The Bertz CT molecular complexity index is 733. The molecule has 1 saturated heterocycles. The predicted molar refractivity (Wildman–Crippen MR) is 119 cm³/mol. The molecular formula is C24H35NO5. The molecule has 1 fully saturated rings. The van der Waals surface area contributed by atoms with Gasteiger partial charge in [-0.3, -0.25) is 4.79 Å². The van der Waals surface area contributed by atoms with Crippen LogP contribution in [0.1, 0.15) is 39.7 Å². The van der Waals surface area contributed by atoms with Gasteiger partial charge in [-0.05, 0) is 29.8 Å². The fourth-order valence-electron chi connectivity index (χ4n) is 2.87. The lowest BCUT2D eigenvalue weighted by Gasteiger charge is -2.18. The smallest absolute Gasteiger partial charge is 0.260 e. The second-order valence-electron chi connectivity index (χ2n) is 6.11. The van der Waals surface area contributed by atoms with Gasteiger partial charge in [0.15, 0.2) is 18.1 Å². The van der Waals surface area contributed by atoms with E-state index in [2.05, 4.69) is 0 Å². The van der Waals surface area contributed by atoms with E-state index in [0.717, 1.165) is 12.0 Å². The summed E-state index contributed by atoms with van der Waals surface area (Å²) in [5, 5.41) is 9.03. The van der Waals surface area contributed by atoms with Gasteiger partial charge >= 0.3 is 0 Å². The SMILES string of the molecule is CC.CC.COc1ccccc1OC1CCN(C(=O)COc2ccc(CO)cc2)C1. The molecule has 1 heterocycles. The molecule has 166 valence electrons. The van der Waals surface area contributed by atoms with Crippen molar-refractivity contribution in [2.24, 2.45) is 0 Å². The first-order valence-electron chi connectivity index (χ1n) is 10.6.